The van der Waals surface area contributed by atoms with Gasteiger partial charge in [0.15, 0.2) is 0 Å². The molecule has 0 atom stereocenters. The van der Waals surface area contributed by atoms with E-state index in [0.29, 0.717) is 11.4 Å². The first kappa shape index (κ1) is 11.1. The molecule has 2 nitrogen and oxygen atoms in total. The summed E-state index contributed by atoms with van der Waals surface area (Å²) in [6.45, 7) is 0. The van der Waals surface area contributed by atoms with Gasteiger partial charge in [0.2, 0.25) is 0 Å². The summed E-state index contributed by atoms with van der Waals surface area (Å²) < 4.78 is 0. The number of hydrogen-bond donors (Lipinski definition) is 2. The van der Waals surface area contributed by atoms with E-state index in [9.17, 15) is 0 Å². The molecule has 1 fully saturated rings. The number of nitrogens with one attached hydrogen (secondary N) is 2. The average molecular weight is 266 g/mol. The fourth-order valence-electron chi connectivity index (χ4n) is 2.87. The minimum absolute atomic E-state index is 0.583. The average Bonchev–Trinajstić information content (AvgIpc) is 3.08. The van der Waals surface area contributed by atoms with Gasteiger partial charge in [0.25, 0.3) is 0 Å². The van der Waals surface area contributed by atoms with Crippen LogP contribution < -0.4 is 0 Å². The Labute approximate surface area is 116 Å². The smallest absolute Gasteiger partial charge is 0.0800 e. The number of thiophene rings is 1. The maximum Gasteiger partial charge on any atom is 0.0800 e. The Bertz CT molecular complexity index is 707. The molecule has 2 aliphatic rings. The van der Waals surface area contributed by atoms with Crippen LogP contribution in [0, 0.1) is 16.7 Å². The second-order valence-corrected chi connectivity index (χ2v) is 6.32. The van der Waals surface area contributed by atoms with E-state index in [1.807, 2.05) is 23.6 Å². The lowest BCUT2D eigenvalue weighted by atomic mass is 9.84. The highest BCUT2D eigenvalue weighted by Gasteiger charge is 2.30. The van der Waals surface area contributed by atoms with Crippen molar-refractivity contribution in [3.8, 4) is 0 Å². The molecule has 2 N–H and O–H groups in total. The molecule has 2 aromatic rings. The molecule has 0 radical (unpaired) electrons. The maximum absolute atomic E-state index is 8.48. The number of hydrogen-bond acceptors (Lipinski definition) is 3. The molecule has 19 heavy (non-hydrogen) atoms. The molecule has 0 spiro atoms. The van der Waals surface area contributed by atoms with E-state index in [1.54, 1.807) is 11.3 Å². The highest BCUT2D eigenvalue weighted by molar-refractivity contribution is 7.13. The first-order chi connectivity index (χ1) is 9.25. The lowest BCUT2D eigenvalue weighted by Gasteiger charge is -2.21. The van der Waals surface area contributed by atoms with Crippen LogP contribution in [0.5, 0.6) is 0 Å². The van der Waals surface area contributed by atoms with E-state index < -0.39 is 0 Å². The van der Waals surface area contributed by atoms with E-state index in [2.05, 4.69) is 6.07 Å². The predicted octanol–water partition coefficient (Wildman–Crippen LogP) is 3.85. The summed E-state index contributed by atoms with van der Waals surface area (Å²) in [4.78, 5) is 0.959. The van der Waals surface area contributed by atoms with Gasteiger partial charge in [0.05, 0.1) is 16.3 Å². The van der Waals surface area contributed by atoms with Crippen molar-refractivity contribution in [1.29, 1.82) is 10.8 Å². The van der Waals surface area contributed by atoms with Crippen LogP contribution in [0.1, 0.15) is 40.0 Å². The van der Waals surface area contributed by atoms with Crippen molar-refractivity contribution in [2.75, 3.05) is 0 Å². The minimum Gasteiger partial charge on any atom is -0.300 e. The zero-order chi connectivity index (χ0) is 13.0. The monoisotopic (exact) mass is 266 g/mol. The molecule has 1 saturated carbocycles. The molecule has 2 aliphatic carbocycles. The van der Waals surface area contributed by atoms with Gasteiger partial charge < -0.3 is 0 Å². The van der Waals surface area contributed by atoms with Crippen LogP contribution in [0.2, 0.25) is 0 Å². The first-order valence-corrected chi connectivity index (χ1v) is 7.51. The standard InChI is InChI=1S/C16H14N2S/c17-14-11-3-1-2-10(8-9-4-5-9)13(11)15(18)16-12(14)6-7-19-16/h1-3,6-7,9,17-18H,4-5,8H2. The Hall–Kier alpha value is -1.74. The van der Waals surface area contributed by atoms with Crippen molar-refractivity contribution in [1.82, 2.24) is 0 Å². The number of benzene rings is 1. The summed E-state index contributed by atoms with van der Waals surface area (Å²) in [6.07, 6.45) is 3.71. The Kier molecular flexibility index (Phi) is 2.27. The lowest BCUT2D eigenvalue weighted by Crippen LogP contribution is -2.20. The van der Waals surface area contributed by atoms with Gasteiger partial charge in [-0.05, 0) is 42.2 Å². The van der Waals surface area contributed by atoms with Gasteiger partial charge in [0.1, 0.15) is 0 Å². The molecule has 3 heteroatoms. The summed E-state index contributed by atoms with van der Waals surface area (Å²) in [5.41, 5.74) is 5.33. The second-order valence-electron chi connectivity index (χ2n) is 5.40. The van der Waals surface area contributed by atoms with Crippen molar-refractivity contribution >= 4 is 22.8 Å². The van der Waals surface area contributed by atoms with Crippen molar-refractivity contribution in [3.05, 3.63) is 56.8 Å². The summed E-state index contributed by atoms with van der Waals surface area (Å²) in [5, 5.41) is 18.8. The van der Waals surface area contributed by atoms with Crippen LogP contribution in [0.4, 0.5) is 0 Å². The van der Waals surface area contributed by atoms with Gasteiger partial charge in [-0.3, -0.25) is 10.8 Å². The number of rotatable bonds is 2. The molecule has 0 bridgehead atoms. The van der Waals surface area contributed by atoms with Gasteiger partial charge in [-0.2, -0.15) is 0 Å². The normalized spacial score (nSPS) is 17.3. The SMILES string of the molecule is N=C1c2ccsc2C(=N)c2c(CC3CC3)cccc21. The lowest BCUT2D eigenvalue weighted by molar-refractivity contribution is 0.830. The summed E-state index contributed by atoms with van der Waals surface area (Å²) in [6, 6.07) is 8.13. The molecular formula is C16H14N2S. The van der Waals surface area contributed by atoms with Crippen molar-refractivity contribution in [2.45, 2.75) is 19.3 Å². The van der Waals surface area contributed by atoms with Crippen molar-refractivity contribution in [2.24, 2.45) is 5.92 Å². The molecule has 1 heterocycles. The second kappa shape index (κ2) is 3.87. The van der Waals surface area contributed by atoms with Crippen LogP contribution in [-0.4, -0.2) is 11.4 Å². The van der Waals surface area contributed by atoms with Crippen LogP contribution in [0.15, 0.2) is 29.6 Å². The van der Waals surface area contributed by atoms with Gasteiger partial charge >= 0.3 is 0 Å². The Morgan fingerprint density at radius 2 is 1.89 bits per heavy atom. The van der Waals surface area contributed by atoms with Gasteiger partial charge in [-0.15, -0.1) is 11.3 Å². The quantitative estimate of drug-likeness (QED) is 0.708. The Morgan fingerprint density at radius 1 is 1.05 bits per heavy atom. The highest BCUT2D eigenvalue weighted by atomic mass is 32.1. The minimum atomic E-state index is 0.583. The zero-order valence-electron chi connectivity index (χ0n) is 10.5. The summed E-state index contributed by atoms with van der Waals surface area (Å²) >= 11 is 1.58. The maximum atomic E-state index is 8.48. The molecular weight excluding hydrogens is 252 g/mol. The molecule has 0 aliphatic heterocycles. The summed E-state index contributed by atoms with van der Waals surface area (Å²) in [7, 11) is 0. The van der Waals surface area contributed by atoms with Crippen LogP contribution in [-0.2, 0) is 6.42 Å². The van der Waals surface area contributed by atoms with Gasteiger partial charge in [-0.25, -0.2) is 0 Å². The molecule has 4 rings (SSSR count). The molecule has 94 valence electrons. The highest BCUT2D eigenvalue weighted by Crippen LogP contribution is 2.37. The molecule has 0 amide bonds. The molecule has 0 saturated heterocycles. The van der Waals surface area contributed by atoms with Crippen LogP contribution in [0.25, 0.3) is 0 Å². The Balaban J connectivity index is 1.91. The van der Waals surface area contributed by atoms with Crippen molar-refractivity contribution in [3.63, 3.8) is 0 Å². The number of fused-ring (bicyclic) bond motifs is 2. The van der Waals surface area contributed by atoms with Gasteiger partial charge in [0, 0.05) is 16.7 Å². The van der Waals surface area contributed by atoms with Crippen LogP contribution in [0.3, 0.4) is 0 Å². The van der Waals surface area contributed by atoms with Crippen molar-refractivity contribution < 1.29 is 0 Å². The third-order valence-electron chi connectivity index (χ3n) is 4.04. The van der Waals surface area contributed by atoms with E-state index in [1.165, 1.54) is 18.4 Å². The fraction of sp³-hybridized carbons (Fsp3) is 0.250. The van der Waals surface area contributed by atoms with E-state index in [-0.39, 0.29) is 0 Å². The third kappa shape index (κ3) is 1.61. The third-order valence-corrected chi connectivity index (χ3v) is 4.97. The van der Waals surface area contributed by atoms with E-state index >= 15 is 0 Å². The van der Waals surface area contributed by atoms with Gasteiger partial charge in [-0.1, -0.05) is 18.2 Å². The Morgan fingerprint density at radius 3 is 2.68 bits per heavy atom. The largest absolute Gasteiger partial charge is 0.300 e. The molecule has 0 unspecified atom stereocenters. The first-order valence-electron chi connectivity index (χ1n) is 6.63. The predicted molar refractivity (Wildman–Crippen MR) is 79.1 cm³/mol. The molecule has 1 aromatic heterocycles. The molecule has 1 aromatic carbocycles. The fourth-order valence-corrected chi connectivity index (χ4v) is 3.72. The topological polar surface area (TPSA) is 47.7 Å². The van der Waals surface area contributed by atoms with E-state index in [0.717, 1.165) is 33.9 Å². The van der Waals surface area contributed by atoms with Crippen LogP contribution >= 0.6 is 11.3 Å². The zero-order valence-corrected chi connectivity index (χ0v) is 11.3. The van der Waals surface area contributed by atoms with E-state index in [4.69, 9.17) is 10.8 Å². The summed E-state index contributed by atoms with van der Waals surface area (Å²) in [5.74, 6) is 0.804.